The number of imidazole rings is 1. The van der Waals surface area contributed by atoms with Crippen molar-refractivity contribution in [2.75, 3.05) is 12.4 Å². The van der Waals surface area contributed by atoms with Crippen LogP contribution in [-0.2, 0) is 9.53 Å². The van der Waals surface area contributed by atoms with E-state index in [1.807, 2.05) is 17.7 Å². The average Bonchev–Trinajstić information content (AvgIpc) is 3.26. The van der Waals surface area contributed by atoms with Gasteiger partial charge in [0.15, 0.2) is 5.16 Å². The van der Waals surface area contributed by atoms with Gasteiger partial charge in [-0.05, 0) is 50.8 Å². The predicted molar refractivity (Wildman–Crippen MR) is 100 cm³/mol. The number of nitrogens with one attached hydrogen (secondary N) is 1. The largest absolute Gasteiger partial charge is 0.376 e. The van der Waals surface area contributed by atoms with Crippen molar-refractivity contribution in [3.8, 4) is 5.69 Å². The quantitative estimate of drug-likeness (QED) is 0.805. The molecule has 6 heteroatoms. The molecule has 2 unspecified atom stereocenters. The number of amides is 1. The number of carbonyl (C=O) groups excluding carboxylic acids is 1. The van der Waals surface area contributed by atoms with Crippen molar-refractivity contribution < 1.29 is 9.53 Å². The van der Waals surface area contributed by atoms with Crippen LogP contribution in [0.3, 0.4) is 0 Å². The van der Waals surface area contributed by atoms with Gasteiger partial charge in [-0.1, -0.05) is 23.9 Å². The second-order valence-corrected chi connectivity index (χ2v) is 7.51. The smallest absolute Gasteiger partial charge is 0.230 e. The topological polar surface area (TPSA) is 56.2 Å². The molecule has 1 N–H and O–H groups in total. The highest BCUT2D eigenvalue weighted by molar-refractivity contribution is 7.99. The molecule has 2 aromatic rings. The summed E-state index contributed by atoms with van der Waals surface area (Å²) >= 11 is 1.45. The molecule has 1 amide bonds. The molecule has 134 valence electrons. The van der Waals surface area contributed by atoms with Crippen LogP contribution in [0.4, 0.5) is 0 Å². The molecule has 1 aliphatic rings. The van der Waals surface area contributed by atoms with Crippen LogP contribution in [0, 0.1) is 13.8 Å². The maximum Gasteiger partial charge on any atom is 0.230 e. The number of hydrogen-bond acceptors (Lipinski definition) is 4. The van der Waals surface area contributed by atoms with Crippen molar-refractivity contribution in [3.05, 3.63) is 41.7 Å². The Bertz CT molecular complexity index is 738. The van der Waals surface area contributed by atoms with Gasteiger partial charge in [-0.25, -0.2) is 4.98 Å². The highest BCUT2D eigenvalue weighted by Gasteiger charge is 2.23. The first-order valence-electron chi connectivity index (χ1n) is 8.69. The van der Waals surface area contributed by atoms with Crippen LogP contribution in [0.25, 0.3) is 5.69 Å². The highest BCUT2D eigenvalue weighted by Crippen LogP contribution is 2.23. The second kappa shape index (κ2) is 8.06. The van der Waals surface area contributed by atoms with Crippen LogP contribution in [0.2, 0.25) is 0 Å². The summed E-state index contributed by atoms with van der Waals surface area (Å²) in [6.07, 6.45) is 5.96. The van der Waals surface area contributed by atoms with Gasteiger partial charge < -0.3 is 10.1 Å². The molecule has 25 heavy (non-hydrogen) atoms. The minimum atomic E-state index is 0.0171. The van der Waals surface area contributed by atoms with E-state index in [1.165, 1.54) is 22.9 Å². The summed E-state index contributed by atoms with van der Waals surface area (Å²) in [5, 5.41) is 3.87. The first kappa shape index (κ1) is 18.0. The Labute approximate surface area is 153 Å². The molecule has 0 aliphatic carbocycles. The number of rotatable bonds is 6. The molecule has 1 fully saturated rings. The lowest BCUT2D eigenvalue weighted by Gasteiger charge is -2.19. The third-order valence-corrected chi connectivity index (χ3v) is 5.44. The maximum absolute atomic E-state index is 12.2. The fourth-order valence-corrected chi connectivity index (χ4v) is 3.85. The van der Waals surface area contributed by atoms with Crippen LogP contribution in [-0.4, -0.2) is 40.0 Å². The Balaban J connectivity index is 1.61. The lowest BCUT2D eigenvalue weighted by atomic mass is 10.1. The van der Waals surface area contributed by atoms with Crippen molar-refractivity contribution in [2.45, 2.75) is 50.9 Å². The molecule has 0 spiro atoms. The van der Waals surface area contributed by atoms with Gasteiger partial charge >= 0.3 is 0 Å². The van der Waals surface area contributed by atoms with Crippen molar-refractivity contribution in [1.29, 1.82) is 0 Å². The minimum absolute atomic E-state index is 0.0171. The molecule has 1 aliphatic heterocycles. The molecule has 2 heterocycles. The van der Waals surface area contributed by atoms with E-state index < -0.39 is 0 Å². The molecular formula is C19H25N3O2S. The zero-order valence-corrected chi connectivity index (χ0v) is 15.8. The van der Waals surface area contributed by atoms with Crippen LogP contribution in [0.1, 0.15) is 30.9 Å². The van der Waals surface area contributed by atoms with E-state index >= 15 is 0 Å². The van der Waals surface area contributed by atoms with Gasteiger partial charge in [-0.3, -0.25) is 9.36 Å². The number of aryl methyl sites for hydroxylation is 2. The Hall–Kier alpha value is -1.79. The van der Waals surface area contributed by atoms with Crippen molar-refractivity contribution in [2.24, 2.45) is 0 Å². The predicted octanol–water partition coefficient (Wildman–Crippen LogP) is 3.26. The fraction of sp³-hybridized carbons (Fsp3) is 0.474. The molecule has 0 bridgehead atoms. The first-order chi connectivity index (χ1) is 12.0. The molecule has 3 rings (SSSR count). The number of benzene rings is 1. The summed E-state index contributed by atoms with van der Waals surface area (Å²) in [7, 11) is 0. The average molecular weight is 359 g/mol. The van der Waals surface area contributed by atoms with Gasteiger partial charge in [-0.2, -0.15) is 0 Å². The number of thioether (sulfide) groups is 1. The Kier molecular flexibility index (Phi) is 5.81. The van der Waals surface area contributed by atoms with Crippen LogP contribution >= 0.6 is 11.8 Å². The molecule has 1 aromatic carbocycles. The van der Waals surface area contributed by atoms with Gasteiger partial charge in [0.05, 0.1) is 23.6 Å². The molecule has 5 nitrogen and oxygen atoms in total. The third kappa shape index (κ3) is 4.44. The number of aromatic nitrogens is 2. The van der Waals surface area contributed by atoms with Crippen LogP contribution in [0.15, 0.2) is 35.7 Å². The standard InChI is InChI=1S/C19H25N3O2S/c1-13-6-7-14(2)16(11-13)22-9-8-20-19(22)25-12-18(23)21-15(3)17-5-4-10-24-17/h6-9,11,15,17H,4-5,10,12H2,1-3H3,(H,21,23). The van der Waals surface area contributed by atoms with E-state index in [1.54, 1.807) is 6.20 Å². The summed E-state index contributed by atoms with van der Waals surface area (Å²) in [6, 6.07) is 6.40. The minimum Gasteiger partial charge on any atom is -0.376 e. The van der Waals surface area contributed by atoms with E-state index in [0.29, 0.717) is 5.75 Å². The lowest BCUT2D eigenvalue weighted by Crippen LogP contribution is -2.41. The second-order valence-electron chi connectivity index (χ2n) is 6.57. The molecule has 2 atom stereocenters. The van der Waals surface area contributed by atoms with Gasteiger partial charge in [0.1, 0.15) is 0 Å². The summed E-state index contributed by atoms with van der Waals surface area (Å²) < 4.78 is 7.67. The Morgan fingerprint density at radius 2 is 2.32 bits per heavy atom. The zero-order valence-electron chi connectivity index (χ0n) is 15.0. The van der Waals surface area contributed by atoms with E-state index in [0.717, 1.165) is 30.3 Å². The third-order valence-electron chi connectivity index (χ3n) is 4.47. The van der Waals surface area contributed by atoms with Gasteiger partial charge in [0.25, 0.3) is 0 Å². The van der Waals surface area contributed by atoms with Crippen molar-refractivity contribution in [1.82, 2.24) is 14.9 Å². The summed E-state index contributed by atoms with van der Waals surface area (Å²) in [6.45, 7) is 6.97. The van der Waals surface area contributed by atoms with Crippen molar-refractivity contribution in [3.63, 3.8) is 0 Å². The number of ether oxygens (including phenoxy) is 1. The molecule has 1 aromatic heterocycles. The molecule has 1 saturated heterocycles. The summed E-state index contributed by atoms with van der Waals surface area (Å²) in [5.74, 6) is 0.363. The maximum atomic E-state index is 12.2. The van der Waals surface area contributed by atoms with Crippen molar-refractivity contribution >= 4 is 17.7 Å². The van der Waals surface area contributed by atoms with Gasteiger partial charge in [0.2, 0.25) is 5.91 Å². The normalized spacial score (nSPS) is 18.3. The monoisotopic (exact) mass is 359 g/mol. The van der Waals surface area contributed by atoms with E-state index in [9.17, 15) is 4.79 Å². The van der Waals surface area contributed by atoms with E-state index in [-0.39, 0.29) is 18.1 Å². The van der Waals surface area contributed by atoms with Gasteiger partial charge in [0, 0.05) is 19.0 Å². The molecule has 0 saturated carbocycles. The molecule has 0 radical (unpaired) electrons. The summed E-state index contributed by atoms with van der Waals surface area (Å²) in [5.41, 5.74) is 3.49. The van der Waals surface area contributed by atoms with Crippen LogP contribution in [0.5, 0.6) is 0 Å². The number of hydrogen-bond donors (Lipinski definition) is 1. The van der Waals surface area contributed by atoms with Gasteiger partial charge in [-0.15, -0.1) is 0 Å². The van der Waals surface area contributed by atoms with E-state index in [2.05, 4.69) is 42.3 Å². The SMILES string of the molecule is Cc1ccc(C)c(-n2ccnc2SCC(=O)NC(C)C2CCCO2)c1. The highest BCUT2D eigenvalue weighted by atomic mass is 32.2. The number of carbonyl (C=O) groups is 1. The molecular weight excluding hydrogens is 334 g/mol. The number of nitrogens with zero attached hydrogens (tertiary/aromatic N) is 2. The lowest BCUT2D eigenvalue weighted by molar-refractivity contribution is -0.120. The Morgan fingerprint density at radius 3 is 3.08 bits per heavy atom. The first-order valence-corrected chi connectivity index (χ1v) is 9.68. The fourth-order valence-electron chi connectivity index (χ4n) is 3.07. The summed E-state index contributed by atoms with van der Waals surface area (Å²) in [4.78, 5) is 16.7. The Morgan fingerprint density at radius 1 is 1.48 bits per heavy atom. The zero-order chi connectivity index (χ0) is 17.8. The van der Waals surface area contributed by atoms with E-state index in [4.69, 9.17) is 4.74 Å². The van der Waals surface area contributed by atoms with Crippen LogP contribution < -0.4 is 5.32 Å².